The quantitative estimate of drug-likeness (QED) is 0.333. The topological polar surface area (TPSA) is 130 Å². The van der Waals surface area contributed by atoms with E-state index in [4.69, 9.17) is 9.38 Å². The Bertz CT molecular complexity index is 1560. The summed E-state index contributed by atoms with van der Waals surface area (Å²) in [7, 11) is -4.11. The molecule has 3 aromatic rings. The van der Waals surface area contributed by atoms with Crippen LogP contribution >= 0.6 is 0 Å². The molecule has 3 heterocycles. The van der Waals surface area contributed by atoms with Crippen molar-refractivity contribution in [3.05, 3.63) is 59.9 Å². The Morgan fingerprint density at radius 3 is 2.27 bits per heavy atom. The van der Waals surface area contributed by atoms with Gasteiger partial charge >= 0.3 is 6.03 Å². The summed E-state index contributed by atoms with van der Waals surface area (Å²) >= 11 is 0. The van der Waals surface area contributed by atoms with Gasteiger partial charge in [-0.3, -0.25) is 4.79 Å². The lowest BCUT2D eigenvalue weighted by molar-refractivity contribution is -0.132. The lowest BCUT2D eigenvalue weighted by Crippen LogP contribution is -2.49. The molecule has 0 bridgehead atoms. The predicted molar refractivity (Wildman–Crippen MR) is 172 cm³/mol. The molecule has 1 fully saturated rings. The zero-order valence-corrected chi connectivity index (χ0v) is 27.4. The molecule has 0 radical (unpaired) electrons. The number of hydrogen-bond acceptors (Lipinski definition) is 8. The number of piperazine rings is 1. The van der Waals surface area contributed by atoms with E-state index in [1.165, 1.54) is 10.9 Å². The van der Waals surface area contributed by atoms with Crippen molar-refractivity contribution in [1.82, 2.24) is 19.7 Å². The number of carbonyl (C=O) groups excluding carboxylic acids is 2. The minimum Gasteiger partial charge on any atom is -0.353 e. The van der Waals surface area contributed by atoms with Gasteiger partial charge in [-0.15, -0.1) is 9.35 Å². The summed E-state index contributed by atoms with van der Waals surface area (Å²) in [6.07, 6.45) is 3.92. The summed E-state index contributed by atoms with van der Waals surface area (Å²) < 4.78 is 31.3. The third kappa shape index (κ3) is 8.35. The van der Waals surface area contributed by atoms with Gasteiger partial charge in [-0.05, 0) is 37.1 Å². The molecule has 1 aromatic carbocycles. The number of hydroxylamine groups is 1. The molecule has 4 rings (SSSR count). The second kappa shape index (κ2) is 13.3. The van der Waals surface area contributed by atoms with Crippen LogP contribution in [0.5, 0.6) is 0 Å². The third-order valence-corrected chi connectivity index (χ3v) is 7.94. The lowest BCUT2D eigenvalue weighted by Gasteiger charge is -2.36. The Kier molecular flexibility index (Phi) is 9.99. The number of amides is 3. The fourth-order valence-corrected chi connectivity index (χ4v) is 5.06. The minimum absolute atomic E-state index is 0.118. The first-order valence-corrected chi connectivity index (χ1v) is 16.6. The van der Waals surface area contributed by atoms with Crippen molar-refractivity contribution in [1.29, 1.82) is 0 Å². The van der Waals surface area contributed by atoms with Crippen LogP contribution in [-0.2, 0) is 24.6 Å². The largest absolute Gasteiger partial charge is 0.353 e. The molecular formula is C31H43N7O5S. The molecule has 3 amide bonds. The summed E-state index contributed by atoms with van der Waals surface area (Å²) in [5, 5.41) is 8.09. The zero-order valence-electron chi connectivity index (χ0n) is 26.6. The predicted octanol–water partition coefficient (Wildman–Crippen LogP) is 4.89. The molecule has 0 aliphatic carbocycles. The van der Waals surface area contributed by atoms with Crippen LogP contribution < -0.4 is 15.3 Å². The van der Waals surface area contributed by atoms with Gasteiger partial charge in [-0.2, -0.15) is 13.5 Å². The second-order valence-electron chi connectivity index (χ2n) is 12.4. The van der Waals surface area contributed by atoms with Crippen molar-refractivity contribution < 1.29 is 22.3 Å². The fraction of sp³-hybridized carbons (Fsp3) is 0.484. The highest BCUT2D eigenvalue weighted by Crippen LogP contribution is 2.30. The minimum atomic E-state index is -4.11. The Morgan fingerprint density at radius 1 is 1.07 bits per heavy atom. The van der Waals surface area contributed by atoms with Crippen LogP contribution in [0, 0.1) is 12.8 Å². The van der Waals surface area contributed by atoms with E-state index < -0.39 is 21.6 Å². The standard InChI is InChI=1S/C31H43N7O5S/c1-8-22(2)19-29(39)36-17-15-35(16-18-36)27-14-11-24(21-32-27)33-30(40)38(43-44(7,41)42)28-20-26(31(4,5)6)34-37(28)25-12-9-23(3)10-13-25/h9-14,20-22H,8,15-19H2,1-7H3,(H,33,40). The molecule has 1 unspecified atom stereocenters. The SMILES string of the molecule is CCC(C)CC(=O)N1CCN(c2ccc(NC(=O)N(OS(C)(=O)=O)c3cc(C(C)(C)C)nn3-c3ccc(C)cc3)cn2)CC1. The van der Waals surface area contributed by atoms with Crippen LogP contribution in [0.3, 0.4) is 0 Å². The average molecular weight is 626 g/mol. The number of anilines is 3. The summed E-state index contributed by atoms with van der Waals surface area (Å²) in [5.41, 5.74) is 2.25. The lowest BCUT2D eigenvalue weighted by atomic mass is 9.92. The van der Waals surface area contributed by atoms with Crippen molar-refractivity contribution in [2.24, 2.45) is 5.92 Å². The zero-order chi connectivity index (χ0) is 32.2. The maximum atomic E-state index is 13.6. The van der Waals surface area contributed by atoms with Gasteiger partial charge in [0.2, 0.25) is 5.91 Å². The average Bonchev–Trinajstić information content (AvgIpc) is 3.42. The second-order valence-corrected chi connectivity index (χ2v) is 13.9. The summed E-state index contributed by atoms with van der Waals surface area (Å²) in [6, 6.07) is 11.7. The Balaban J connectivity index is 1.53. The van der Waals surface area contributed by atoms with E-state index in [1.807, 2.05) is 56.9 Å². The highest BCUT2D eigenvalue weighted by Gasteiger charge is 2.30. The number of nitrogens with one attached hydrogen (secondary N) is 1. The van der Waals surface area contributed by atoms with Crippen molar-refractivity contribution in [2.75, 3.05) is 47.7 Å². The van der Waals surface area contributed by atoms with Crippen molar-refractivity contribution in [3.8, 4) is 5.69 Å². The molecule has 44 heavy (non-hydrogen) atoms. The molecule has 1 aliphatic rings. The normalized spacial score (nSPS) is 14.8. The van der Waals surface area contributed by atoms with E-state index in [0.717, 1.165) is 18.2 Å². The van der Waals surface area contributed by atoms with Crippen molar-refractivity contribution in [3.63, 3.8) is 0 Å². The van der Waals surface area contributed by atoms with Gasteiger partial charge in [0.1, 0.15) is 5.82 Å². The number of aromatic nitrogens is 3. The van der Waals surface area contributed by atoms with Crippen LogP contribution in [0.4, 0.5) is 22.1 Å². The molecule has 2 aromatic heterocycles. The van der Waals surface area contributed by atoms with Gasteiger partial charge in [0.15, 0.2) is 5.82 Å². The van der Waals surface area contributed by atoms with Crippen LogP contribution in [0.15, 0.2) is 48.7 Å². The number of hydrogen-bond donors (Lipinski definition) is 1. The van der Waals surface area contributed by atoms with Crippen LogP contribution in [0.2, 0.25) is 0 Å². The molecule has 1 aliphatic heterocycles. The number of carbonyl (C=O) groups is 2. The number of aryl methyl sites for hydroxylation is 1. The van der Waals surface area contributed by atoms with Crippen LogP contribution in [0.25, 0.3) is 5.69 Å². The highest BCUT2D eigenvalue weighted by molar-refractivity contribution is 7.86. The highest BCUT2D eigenvalue weighted by atomic mass is 32.2. The number of benzene rings is 1. The van der Waals surface area contributed by atoms with E-state index in [-0.39, 0.29) is 11.7 Å². The molecule has 13 heteroatoms. The summed E-state index contributed by atoms with van der Waals surface area (Å²) in [5.74, 6) is 1.39. The van der Waals surface area contributed by atoms with E-state index in [9.17, 15) is 18.0 Å². The Labute approximate surface area is 260 Å². The summed E-state index contributed by atoms with van der Waals surface area (Å²) in [6.45, 7) is 14.6. The van der Waals surface area contributed by atoms with Gasteiger partial charge < -0.3 is 15.1 Å². The maximum absolute atomic E-state index is 13.6. The van der Waals surface area contributed by atoms with Crippen LogP contribution in [-0.4, -0.2) is 72.5 Å². The first-order valence-electron chi connectivity index (χ1n) is 14.8. The van der Waals surface area contributed by atoms with E-state index in [1.54, 1.807) is 18.2 Å². The third-order valence-electron chi connectivity index (χ3n) is 7.52. The monoisotopic (exact) mass is 625 g/mol. The van der Waals surface area contributed by atoms with E-state index in [2.05, 4.69) is 29.0 Å². The van der Waals surface area contributed by atoms with E-state index in [0.29, 0.717) is 66.5 Å². The number of nitrogens with zero attached hydrogens (tertiary/aromatic N) is 6. The smallest absolute Gasteiger partial charge is 0.353 e. The molecule has 12 nitrogen and oxygen atoms in total. The van der Waals surface area contributed by atoms with Crippen molar-refractivity contribution in [2.45, 2.75) is 59.8 Å². The molecular weight excluding hydrogens is 582 g/mol. The molecule has 0 spiro atoms. The van der Waals surface area contributed by atoms with Crippen molar-refractivity contribution >= 4 is 39.4 Å². The molecule has 1 saturated heterocycles. The van der Waals surface area contributed by atoms with Gasteiger partial charge in [0.05, 0.1) is 29.5 Å². The van der Waals surface area contributed by atoms with Gasteiger partial charge in [-0.1, -0.05) is 58.7 Å². The van der Waals surface area contributed by atoms with Crippen LogP contribution in [0.1, 0.15) is 58.7 Å². The Morgan fingerprint density at radius 2 is 1.73 bits per heavy atom. The van der Waals surface area contributed by atoms with E-state index >= 15 is 0 Å². The number of pyridine rings is 1. The first kappa shape index (κ1) is 32.9. The summed E-state index contributed by atoms with van der Waals surface area (Å²) in [4.78, 5) is 34.7. The van der Waals surface area contributed by atoms with Gasteiger partial charge in [-0.25, -0.2) is 14.5 Å². The first-order chi connectivity index (χ1) is 20.6. The fourth-order valence-electron chi connectivity index (χ4n) is 4.65. The van der Waals surface area contributed by atoms with Gasteiger partial charge in [0, 0.05) is 44.1 Å². The molecule has 0 saturated carbocycles. The van der Waals surface area contributed by atoms with Gasteiger partial charge in [0.25, 0.3) is 10.1 Å². The number of urea groups is 1. The molecule has 1 atom stereocenters. The Hall–Kier alpha value is -3.97. The molecule has 238 valence electrons. The number of rotatable bonds is 9. The maximum Gasteiger partial charge on any atom is 0.353 e. The molecule has 1 N–H and O–H groups in total.